The van der Waals surface area contributed by atoms with Crippen LogP contribution in [0.25, 0.3) is 0 Å². The molecule has 0 aromatic heterocycles. The summed E-state index contributed by atoms with van der Waals surface area (Å²) in [6.07, 6.45) is 0. The van der Waals surface area contributed by atoms with Gasteiger partial charge in [0.05, 0.1) is 0 Å². The molecule has 124 valence electrons. The molecule has 23 heavy (non-hydrogen) atoms. The topological polar surface area (TPSA) is 27.3 Å². The van der Waals surface area contributed by atoms with Gasteiger partial charge in [0.15, 0.2) is 0 Å². The van der Waals surface area contributed by atoms with E-state index in [9.17, 15) is 0 Å². The summed E-state index contributed by atoms with van der Waals surface area (Å²) in [5.41, 5.74) is 10.4. The third-order valence-electron chi connectivity index (χ3n) is 4.08. The van der Waals surface area contributed by atoms with Crippen LogP contribution >= 0.6 is 0 Å². The maximum Gasteiger partial charge on any atom is 0.0487 e. The number of anilines is 1. The van der Waals surface area contributed by atoms with Crippen molar-refractivity contribution >= 4 is 5.69 Å². The quantitative estimate of drug-likeness (QED) is 0.707. The number of hydrogen-bond donors (Lipinski definition) is 2. The number of benzene rings is 2. The predicted molar refractivity (Wildman–Crippen MR) is 99.2 cm³/mol. The van der Waals surface area contributed by atoms with Gasteiger partial charge in [0, 0.05) is 30.9 Å². The number of nitrogens with one attached hydrogen (secondary N) is 2. The van der Waals surface area contributed by atoms with Gasteiger partial charge in [-0.15, -0.1) is 0 Å². The lowest BCUT2D eigenvalue weighted by Gasteiger charge is -2.31. The second-order valence-corrected chi connectivity index (χ2v) is 6.47. The molecule has 0 saturated heterocycles. The number of hydrazine groups is 1. The fraction of sp³-hybridized carbons (Fsp3) is 0.400. The summed E-state index contributed by atoms with van der Waals surface area (Å²) in [4.78, 5) is 2.52. The normalized spacial score (nSPS) is 11.4. The maximum atomic E-state index is 3.32. The molecule has 2 aromatic carbocycles. The number of hydrogen-bond acceptors (Lipinski definition) is 3. The van der Waals surface area contributed by atoms with E-state index in [1.807, 2.05) is 18.2 Å². The van der Waals surface area contributed by atoms with Gasteiger partial charge in [0.25, 0.3) is 0 Å². The van der Waals surface area contributed by atoms with Crippen molar-refractivity contribution in [3.05, 3.63) is 65.7 Å². The van der Waals surface area contributed by atoms with E-state index in [1.54, 1.807) is 0 Å². The molecule has 2 aromatic rings. The lowest BCUT2D eigenvalue weighted by molar-refractivity contribution is 0.165. The van der Waals surface area contributed by atoms with Crippen LogP contribution in [0.1, 0.15) is 38.8 Å². The van der Waals surface area contributed by atoms with Gasteiger partial charge in [-0.05, 0) is 51.0 Å². The van der Waals surface area contributed by atoms with E-state index in [1.165, 1.54) is 11.1 Å². The average Bonchev–Trinajstić information content (AvgIpc) is 2.54. The zero-order chi connectivity index (χ0) is 16.7. The van der Waals surface area contributed by atoms with Crippen LogP contribution in [0.5, 0.6) is 0 Å². The lowest BCUT2D eigenvalue weighted by Crippen LogP contribution is -2.36. The monoisotopic (exact) mass is 311 g/mol. The van der Waals surface area contributed by atoms with Crippen molar-refractivity contribution in [2.24, 2.45) is 0 Å². The second-order valence-electron chi connectivity index (χ2n) is 6.47. The first-order valence-electron chi connectivity index (χ1n) is 8.44. The Morgan fingerprint density at radius 3 is 1.96 bits per heavy atom. The highest BCUT2D eigenvalue weighted by Gasteiger charge is 2.15. The highest BCUT2D eigenvalue weighted by atomic mass is 15.3. The van der Waals surface area contributed by atoms with Gasteiger partial charge in [0.1, 0.15) is 0 Å². The molecule has 0 aliphatic rings. The van der Waals surface area contributed by atoms with Gasteiger partial charge >= 0.3 is 0 Å². The molecule has 0 aliphatic heterocycles. The van der Waals surface area contributed by atoms with E-state index < -0.39 is 0 Å². The summed E-state index contributed by atoms with van der Waals surface area (Å²) in [6.45, 7) is 10.8. The Balaban J connectivity index is 1.99. The molecular weight excluding hydrogens is 282 g/mol. The van der Waals surface area contributed by atoms with Crippen LogP contribution in [-0.2, 0) is 13.1 Å². The van der Waals surface area contributed by atoms with Crippen molar-refractivity contribution in [1.29, 1.82) is 0 Å². The van der Waals surface area contributed by atoms with Crippen LogP contribution < -0.4 is 10.9 Å². The van der Waals surface area contributed by atoms with E-state index in [-0.39, 0.29) is 0 Å². The zero-order valence-electron chi connectivity index (χ0n) is 14.7. The molecule has 0 saturated carbocycles. The Hall–Kier alpha value is -1.84. The van der Waals surface area contributed by atoms with Gasteiger partial charge in [-0.1, -0.05) is 42.5 Å². The lowest BCUT2D eigenvalue weighted by atomic mass is 10.1. The van der Waals surface area contributed by atoms with Crippen LogP contribution in [0.4, 0.5) is 5.69 Å². The first kappa shape index (κ1) is 17.5. The Morgan fingerprint density at radius 2 is 1.35 bits per heavy atom. The minimum absolute atomic E-state index is 0.540. The fourth-order valence-corrected chi connectivity index (χ4v) is 2.81. The van der Waals surface area contributed by atoms with Crippen molar-refractivity contribution < 1.29 is 0 Å². The number of nitrogens with zero attached hydrogens (tertiary/aromatic N) is 1. The first-order valence-corrected chi connectivity index (χ1v) is 8.44. The Morgan fingerprint density at radius 1 is 0.783 bits per heavy atom. The molecule has 0 aliphatic carbocycles. The molecule has 0 heterocycles. The van der Waals surface area contributed by atoms with Crippen LogP contribution in [0.2, 0.25) is 0 Å². The first-order chi connectivity index (χ1) is 11.1. The van der Waals surface area contributed by atoms with Crippen molar-refractivity contribution in [3.8, 4) is 0 Å². The summed E-state index contributed by atoms with van der Waals surface area (Å²) in [5.74, 6) is 0. The van der Waals surface area contributed by atoms with E-state index in [0.29, 0.717) is 12.1 Å². The van der Waals surface area contributed by atoms with E-state index in [0.717, 1.165) is 18.8 Å². The largest absolute Gasteiger partial charge is 0.321 e. The fourth-order valence-electron chi connectivity index (χ4n) is 2.81. The van der Waals surface area contributed by atoms with Gasteiger partial charge in [0.2, 0.25) is 0 Å². The van der Waals surface area contributed by atoms with Gasteiger partial charge < -0.3 is 5.43 Å². The van der Waals surface area contributed by atoms with E-state index in [4.69, 9.17) is 0 Å². The van der Waals surface area contributed by atoms with Crippen LogP contribution in [0, 0.1) is 0 Å². The van der Waals surface area contributed by atoms with Gasteiger partial charge in [-0.2, -0.15) is 0 Å². The maximum absolute atomic E-state index is 3.32. The molecule has 0 amide bonds. The molecule has 0 unspecified atom stereocenters. The Labute approximate surface area is 140 Å². The highest BCUT2D eigenvalue weighted by Crippen LogP contribution is 2.16. The standard InChI is InChI=1S/C20H29N3/c1-16(2)23(17(3)4)15-19-11-9-8-10-18(19)14-21-22-20-12-6-5-7-13-20/h5-13,16-17,21-22H,14-15H2,1-4H3. The molecule has 3 nitrogen and oxygen atoms in total. The third kappa shape index (κ3) is 5.38. The zero-order valence-corrected chi connectivity index (χ0v) is 14.7. The van der Waals surface area contributed by atoms with Crippen LogP contribution in [0.3, 0.4) is 0 Å². The van der Waals surface area contributed by atoms with Crippen molar-refractivity contribution in [3.63, 3.8) is 0 Å². The summed E-state index contributed by atoms with van der Waals surface area (Å²) < 4.78 is 0. The van der Waals surface area contributed by atoms with Crippen LogP contribution in [0.15, 0.2) is 54.6 Å². The highest BCUT2D eigenvalue weighted by molar-refractivity contribution is 5.41. The summed E-state index contributed by atoms with van der Waals surface area (Å²) >= 11 is 0. The number of para-hydroxylation sites is 1. The minimum atomic E-state index is 0.540. The minimum Gasteiger partial charge on any atom is -0.321 e. The van der Waals surface area contributed by atoms with Crippen molar-refractivity contribution in [2.75, 3.05) is 5.43 Å². The molecule has 3 heteroatoms. The van der Waals surface area contributed by atoms with Crippen molar-refractivity contribution in [1.82, 2.24) is 10.3 Å². The van der Waals surface area contributed by atoms with Crippen LogP contribution in [-0.4, -0.2) is 17.0 Å². The molecule has 0 radical (unpaired) electrons. The molecule has 0 atom stereocenters. The smallest absolute Gasteiger partial charge is 0.0487 e. The summed E-state index contributed by atoms with van der Waals surface area (Å²) in [5, 5.41) is 0. The average molecular weight is 311 g/mol. The van der Waals surface area contributed by atoms with E-state index in [2.05, 4.69) is 79.8 Å². The summed E-state index contributed by atoms with van der Waals surface area (Å²) in [7, 11) is 0. The molecule has 2 N–H and O–H groups in total. The Kier molecular flexibility index (Phi) is 6.63. The predicted octanol–water partition coefficient (Wildman–Crippen LogP) is 4.42. The molecule has 2 rings (SSSR count). The van der Waals surface area contributed by atoms with E-state index >= 15 is 0 Å². The van der Waals surface area contributed by atoms with Gasteiger partial charge in [-0.25, -0.2) is 5.43 Å². The SMILES string of the molecule is CC(C)N(Cc1ccccc1CNNc1ccccc1)C(C)C. The molecular formula is C20H29N3. The third-order valence-corrected chi connectivity index (χ3v) is 4.08. The van der Waals surface area contributed by atoms with Crippen molar-refractivity contribution in [2.45, 2.75) is 52.9 Å². The Bertz CT molecular complexity index is 570. The molecule has 0 bridgehead atoms. The number of rotatable bonds is 8. The van der Waals surface area contributed by atoms with Gasteiger partial charge in [-0.3, -0.25) is 4.90 Å². The molecule has 0 fully saturated rings. The molecule has 0 spiro atoms. The second kappa shape index (κ2) is 8.70. The summed E-state index contributed by atoms with van der Waals surface area (Å²) in [6, 6.07) is 19.9.